The van der Waals surface area contributed by atoms with Crippen molar-refractivity contribution in [3.63, 3.8) is 0 Å². The third kappa shape index (κ3) is 4.54. The van der Waals surface area contributed by atoms with Crippen LogP contribution in [0.25, 0.3) is 5.65 Å². The van der Waals surface area contributed by atoms with E-state index in [1.54, 1.807) is 21.8 Å². The van der Waals surface area contributed by atoms with Crippen LogP contribution in [0.4, 0.5) is 4.39 Å². The van der Waals surface area contributed by atoms with Gasteiger partial charge in [-0.1, -0.05) is 24.9 Å². The van der Waals surface area contributed by atoms with Crippen LogP contribution in [0.2, 0.25) is 5.02 Å². The number of carbonyl (C=O) groups excluding carboxylic acids is 1. The summed E-state index contributed by atoms with van der Waals surface area (Å²) in [7, 11) is 0. The van der Waals surface area contributed by atoms with Crippen LogP contribution >= 0.6 is 11.6 Å². The van der Waals surface area contributed by atoms with Gasteiger partial charge in [-0.25, -0.2) is 13.9 Å². The second kappa shape index (κ2) is 9.27. The molecule has 33 heavy (non-hydrogen) atoms. The molecule has 2 aliphatic heterocycles. The molecule has 0 spiro atoms. The van der Waals surface area contributed by atoms with Gasteiger partial charge in [0.15, 0.2) is 5.65 Å². The van der Waals surface area contributed by atoms with E-state index in [0.29, 0.717) is 35.1 Å². The minimum absolute atomic E-state index is 0.0230. The number of likely N-dealkylation sites (tertiary alicyclic amines) is 1. The fraction of sp³-hybridized carbons (Fsp3) is 0.458. The molecule has 174 valence electrons. The number of rotatable bonds is 6. The van der Waals surface area contributed by atoms with Crippen molar-refractivity contribution in [2.45, 2.75) is 51.8 Å². The maximum Gasteiger partial charge on any atom is 0.258 e. The highest BCUT2D eigenvalue weighted by Crippen LogP contribution is 2.31. The van der Waals surface area contributed by atoms with Gasteiger partial charge in [0.05, 0.1) is 35.6 Å². The summed E-state index contributed by atoms with van der Waals surface area (Å²) in [5, 5.41) is 5.02. The van der Waals surface area contributed by atoms with Gasteiger partial charge in [0.25, 0.3) is 5.91 Å². The Morgan fingerprint density at radius 3 is 2.88 bits per heavy atom. The zero-order valence-electron chi connectivity index (χ0n) is 18.6. The van der Waals surface area contributed by atoms with Crippen LogP contribution in [0.15, 0.2) is 30.6 Å². The molecule has 2 aliphatic rings. The van der Waals surface area contributed by atoms with Crippen LogP contribution < -0.4 is 4.74 Å². The molecule has 1 amide bonds. The van der Waals surface area contributed by atoms with Crippen molar-refractivity contribution in [3.8, 4) is 5.75 Å². The van der Waals surface area contributed by atoms with E-state index in [9.17, 15) is 9.18 Å². The molecule has 9 heteroatoms. The van der Waals surface area contributed by atoms with Crippen LogP contribution in [0.5, 0.6) is 5.75 Å². The van der Waals surface area contributed by atoms with E-state index in [1.807, 2.05) is 0 Å². The number of halogens is 2. The molecule has 7 nitrogen and oxygen atoms in total. The second-order valence-electron chi connectivity index (χ2n) is 8.78. The topological polar surface area (TPSA) is 63.0 Å². The lowest BCUT2D eigenvalue weighted by molar-refractivity contribution is 0.0727. The minimum atomic E-state index is -0.412. The van der Waals surface area contributed by atoms with E-state index in [2.05, 4.69) is 21.9 Å². The van der Waals surface area contributed by atoms with Crippen molar-refractivity contribution in [1.29, 1.82) is 0 Å². The van der Waals surface area contributed by atoms with Gasteiger partial charge < -0.3 is 14.5 Å². The van der Waals surface area contributed by atoms with Crippen molar-refractivity contribution in [3.05, 3.63) is 58.3 Å². The number of carbonyl (C=O) groups is 1. The summed E-state index contributed by atoms with van der Waals surface area (Å²) in [6.07, 6.45) is 7.37. The Hall–Kier alpha value is -2.71. The smallest absolute Gasteiger partial charge is 0.258 e. The zero-order chi connectivity index (χ0) is 22.9. The number of unbranched alkanes of at least 4 members (excludes halogenated alkanes) is 1. The molecule has 2 aromatic heterocycles. The lowest BCUT2D eigenvalue weighted by Gasteiger charge is -2.32. The zero-order valence-corrected chi connectivity index (χ0v) is 19.4. The molecule has 0 N–H and O–H groups in total. The summed E-state index contributed by atoms with van der Waals surface area (Å²) < 4.78 is 21.9. The molecule has 3 aromatic rings. The summed E-state index contributed by atoms with van der Waals surface area (Å²) in [6, 6.07) is 4.15. The molecule has 1 fully saturated rings. The molecule has 0 unspecified atom stereocenters. The SMILES string of the molecule is CCCCN1CCC(Oc2cc(F)ccc2C(=O)N2Cc3nn4cc(Cl)cnc4c3C2)CC1. The quantitative estimate of drug-likeness (QED) is 0.535. The average Bonchev–Trinajstić information content (AvgIpc) is 3.36. The van der Waals surface area contributed by atoms with Crippen molar-refractivity contribution < 1.29 is 13.9 Å². The van der Waals surface area contributed by atoms with E-state index in [1.165, 1.54) is 31.0 Å². The van der Waals surface area contributed by atoms with Crippen molar-refractivity contribution >= 4 is 23.2 Å². The van der Waals surface area contributed by atoms with Gasteiger partial charge in [-0.05, 0) is 37.9 Å². The molecular formula is C24H27ClFN5O2. The number of amides is 1. The molecule has 0 saturated carbocycles. The Kier molecular flexibility index (Phi) is 6.21. The highest BCUT2D eigenvalue weighted by molar-refractivity contribution is 6.30. The van der Waals surface area contributed by atoms with Crippen molar-refractivity contribution in [2.24, 2.45) is 0 Å². The summed E-state index contributed by atoms with van der Waals surface area (Å²) in [5.41, 5.74) is 2.77. The van der Waals surface area contributed by atoms with Crippen LogP contribution in [-0.4, -0.2) is 56.0 Å². The number of nitrogens with zero attached hydrogens (tertiary/aromatic N) is 5. The maximum atomic E-state index is 14.1. The highest BCUT2D eigenvalue weighted by atomic mass is 35.5. The van der Waals surface area contributed by atoms with E-state index in [-0.39, 0.29) is 12.0 Å². The number of hydrogen-bond donors (Lipinski definition) is 0. The Morgan fingerprint density at radius 1 is 1.27 bits per heavy atom. The minimum Gasteiger partial charge on any atom is -0.489 e. The monoisotopic (exact) mass is 471 g/mol. The largest absolute Gasteiger partial charge is 0.489 e. The normalized spacial score (nSPS) is 17.0. The van der Waals surface area contributed by atoms with Crippen molar-refractivity contribution in [2.75, 3.05) is 19.6 Å². The Balaban J connectivity index is 1.30. The number of piperidine rings is 1. The van der Waals surface area contributed by atoms with E-state index in [4.69, 9.17) is 16.3 Å². The van der Waals surface area contributed by atoms with Crippen LogP contribution in [0.3, 0.4) is 0 Å². The number of hydrogen-bond acceptors (Lipinski definition) is 5. The fourth-order valence-corrected chi connectivity index (χ4v) is 4.76. The van der Waals surface area contributed by atoms with Crippen LogP contribution in [-0.2, 0) is 13.1 Å². The lowest BCUT2D eigenvalue weighted by atomic mass is 10.1. The number of aromatic nitrogens is 3. The molecule has 5 rings (SSSR count). The summed E-state index contributed by atoms with van der Waals surface area (Å²) in [5.74, 6) is -0.295. The maximum absolute atomic E-state index is 14.1. The highest BCUT2D eigenvalue weighted by Gasteiger charge is 2.31. The predicted octanol–water partition coefficient (Wildman–Crippen LogP) is 4.32. The first-order valence-corrected chi connectivity index (χ1v) is 11.9. The first kappa shape index (κ1) is 22.1. The molecule has 0 atom stereocenters. The first-order chi connectivity index (χ1) is 16.0. The molecule has 0 bridgehead atoms. The van der Waals surface area contributed by atoms with E-state index >= 15 is 0 Å². The third-order valence-electron chi connectivity index (χ3n) is 6.43. The number of ether oxygens (including phenoxy) is 1. The second-order valence-corrected chi connectivity index (χ2v) is 9.22. The van der Waals surface area contributed by atoms with Gasteiger partial charge in [-0.15, -0.1) is 0 Å². The Morgan fingerprint density at radius 2 is 2.09 bits per heavy atom. The standard InChI is InChI=1S/C24H27ClFN5O2/c1-2-3-8-29-9-6-18(7-10-29)33-22-11-17(26)4-5-19(22)24(32)30-14-20-21(15-30)28-31-13-16(25)12-27-23(20)31/h4-5,11-13,18H,2-3,6-10,14-15H2,1H3. The number of benzene rings is 1. The molecule has 0 aliphatic carbocycles. The predicted molar refractivity (Wildman–Crippen MR) is 123 cm³/mol. The van der Waals surface area contributed by atoms with Gasteiger partial charge in [0.1, 0.15) is 17.7 Å². The third-order valence-corrected chi connectivity index (χ3v) is 6.62. The summed E-state index contributed by atoms with van der Waals surface area (Å²) in [6.45, 7) is 5.97. The Labute approximate surface area is 197 Å². The molecular weight excluding hydrogens is 445 g/mol. The number of fused-ring (bicyclic) bond motifs is 3. The first-order valence-electron chi connectivity index (χ1n) is 11.5. The summed E-state index contributed by atoms with van der Waals surface area (Å²) in [4.78, 5) is 21.9. The molecule has 1 saturated heterocycles. The molecule has 4 heterocycles. The van der Waals surface area contributed by atoms with Crippen molar-refractivity contribution in [1.82, 2.24) is 24.4 Å². The van der Waals surface area contributed by atoms with Crippen LogP contribution in [0, 0.1) is 5.82 Å². The van der Waals surface area contributed by atoms with Gasteiger partial charge in [0.2, 0.25) is 0 Å². The lowest BCUT2D eigenvalue weighted by Crippen LogP contribution is -2.39. The fourth-order valence-electron chi connectivity index (χ4n) is 4.62. The van der Waals surface area contributed by atoms with E-state index < -0.39 is 5.82 Å². The van der Waals surface area contributed by atoms with E-state index in [0.717, 1.165) is 43.7 Å². The van der Waals surface area contributed by atoms with Gasteiger partial charge in [0, 0.05) is 30.9 Å². The Bertz CT molecular complexity index is 1180. The molecule has 1 aromatic carbocycles. The van der Waals surface area contributed by atoms with Crippen LogP contribution in [0.1, 0.15) is 54.2 Å². The van der Waals surface area contributed by atoms with Gasteiger partial charge in [-0.2, -0.15) is 5.10 Å². The van der Waals surface area contributed by atoms with Gasteiger partial charge in [-0.3, -0.25) is 4.79 Å². The molecule has 0 radical (unpaired) electrons. The van der Waals surface area contributed by atoms with Gasteiger partial charge >= 0.3 is 0 Å². The average molecular weight is 472 g/mol. The summed E-state index contributed by atoms with van der Waals surface area (Å²) >= 11 is 6.01.